The van der Waals surface area contributed by atoms with Crippen LogP contribution in [0.2, 0.25) is 0 Å². The molecule has 0 radical (unpaired) electrons. The van der Waals surface area contributed by atoms with Crippen LogP contribution < -0.4 is 10.6 Å². The van der Waals surface area contributed by atoms with Gasteiger partial charge >= 0.3 is 6.03 Å². The summed E-state index contributed by atoms with van der Waals surface area (Å²) in [5.74, 6) is 0. The number of ether oxygens (including phenoxy) is 2. The van der Waals surface area contributed by atoms with Crippen molar-refractivity contribution in [3.05, 3.63) is 0 Å². The van der Waals surface area contributed by atoms with E-state index in [9.17, 15) is 4.79 Å². The molecule has 0 heterocycles. The van der Waals surface area contributed by atoms with Crippen molar-refractivity contribution in [2.24, 2.45) is 0 Å². The molecule has 0 fully saturated rings. The van der Waals surface area contributed by atoms with Gasteiger partial charge in [-0.3, -0.25) is 0 Å². The van der Waals surface area contributed by atoms with E-state index in [4.69, 9.17) is 4.74 Å². The highest BCUT2D eigenvalue weighted by Gasteiger charge is 1.95. The van der Waals surface area contributed by atoms with Crippen LogP contribution in [-0.4, -0.2) is 40.1 Å². The number of rotatable bonds is 6. The van der Waals surface area contributed by atoms with Crippen molar-refractivity contribution in [3.8, 4) is 0 Å². The molecule has 0 aliphatic rings. The van der Waals surface area contributed by atoms with Gasteiger partial charge in [0.15, 0.2) is 0 Å². The van der Waals surface area contributed by atoms with Gasteiger partial charge in [0.1, 0.15) is 6.73 Å². The molecule has 0 aromatic heterocycles. The highest BCUT2D eigenvalue weighted by Crippen LogP contribution is 1.76. The smallest absolute Gasteiger partial charge is 0.316 e. The van der Waals surface area contributed by atoms with Gasteiger partial charge in [0.05, 0.1) is 0 Å². The zero-order valence-corrected chi connectivity index (χ0v) is 7.55. The first kappa shape index (κ1) is 11.2. The Morgan fingerprint density at radius 3 is 2.58 bits per heavy atom. The van der Waals surface area contributed by atoms with Crippen LogP contribution in [0.3, 0.4) is 0 Å². The Morgan fingerprint density at radius 1 is 1.25 bits per heavy atom. The van der Waals surface area contributed by atoms with Gasteiger partial charge in [0.25, 0.3) is 0 Å². The zero-order valence-electron chi connectivity index (χ0n) is 7.55. The van der Waals surface area contributed by atoms with Gasteiger partial charge in [-0.15, -0.1) is 0 Å². The third-order valence-corrected chi connectivity index (χ3v) is 1.19. The molecule has 72 valence electrons. The molecule has 0 saturated carbocycles. The molecule has 2 N–H and O–H groups in total. The molecule has 0 bridgehead atoms. The predicted octanol–water partition coefficient (Wildman–Crippen LogP) is -0.0740. The molecule has 0 aromatic rings. The number of hydrogen-bond acceptors (Lipinski definition) is 3. The van der Waals surface area contributed by atoms with Crippen LogP contribution >= 0.6 is 0 Å². The molecule has 0 saturated heterocycles. The first-order valence-corrected chi connectivity index (χ1v) is 3.81. The van der Waals surface area contributed by atoms with Gasteiger partial charge in [-0.1, -0.05) is 0 Å². The maximum Gasteiger partial charge on any atom is 0.316 e. The Hall–Kier alpha value is -0.810. The molecule has 12 heavy (non-hydrogen) atoms. The summed E-state index contributed by atoms with van der Waals surface area (Å²) in [6.07, 6.45) is 0.816. The quantitative estimate of drug-likeness (QED) is 0.440. The van der Waals surface area contributed by atoms with E-state index in [1.165, 1.54) is 7.11 Å². The standard InChI is InChI=1S/C7H16N2O3/c1-11-5-3-4-8-7(10)9-6-12-2/h3-6H2,1-2H3,(H2,8,9,10). The van der Waals surface area contributed by atoms with Crippen LogP contribution in [0.25, 0.3) is 0 Å². The topological polar surface area (TPSA) is 59.6 Å². The van der Waals surface area contributed by atoms with Crippen molar-refractivity contribution in [2.75, 3.05) is 34.1 Å². The molecular formula is C7H16N2O3. The minimum atomic E-state index is -0.215. The van der Waals surface area contributed by atoms with E-state index in [0.29, 0.717) is 13.2 Å². The molecule has 0 rings (SSSR count). The molecule has 5 heteroatoms. The summed E-state index contributed by atoms with van der Waals surface area (Å²) in [5, 5.41) is 5.14. The van der Waals surface area contributed by atoms with Crippen molar-refractivity contribution in [1.82, 2.24) is 10.6 Å². The van der Waals surface area contributed by atoms with E-state index in [2.05, 4.69) is 15.4 Å². The SMILES string of the molecule is COCCCNC(=O)NCOC. The second kappa shape index (κ2) is 8.29. The molecule has 0 aliphatic carbocycles. The van der Waals surface area contributed by atoms with E-state index >= 15 is 0 Å². The van der Waals surface area contributed by atoms with Crippen molar-refractivity contribution < 1.29 is 14.3 Å². The lowest BCUT2D eigenvalue weighted by atomic mass is 10.4. The fraction of sp³-hybridized carbons (Fsp3) is 0.857. The van der Waals surface area contributed by atoms with Crippen LogP contribution in [0.4, 0.5) is 4.79 Å². The third-order valence-electron chi connectivity index (χ3n) is 1.19. The second-order valence-electron chi connectivity index (χ2n) is 2.21. The van der Waals surface area contributed by atoms with Crippen molar-refractivity contribution in [3.63, 3.8) is 0 Å². The van der Waals surface area contributed by atoms with Crippen LogP contribution in [0.5, 0.6) is 0 Å². The van der Waals surface area contributed by atoms with Gasteiger partial charge < -0.3 is 20.1 Å². The molecule has 0 aliphatic heterocycles. The maximum absolute atomic E-state index is 10.8. The van der Waals surface area contributed by atoms with Crippen LogP contribution in [0, 0.1) is 0 Å². The summed E-state index contributed by atoms with van der Waals surface area (Å²) >= 11 is 0. The normalized spacial score (nSPS) is 9.50. The Bertz CT molecular complexity index is 119. The summed E-state index contributed by atoms with van der Waals surface area (Å²) in [6, 6.07) is -0.215. The van der Waals surface area contributed by atoms with Gasteiger partial charge in [-0.05, 0) is 6.42 Å². The predicted molar refractivity (Wildman–Crippen MR) is 44.9 cm³/mol. The van der Waals surface area contributed by atoms with E-state index in [0.717, 1.165) is 6.42 Å². The molecular weight excluding hydrogens is 160 g/mol. The highest BCUT2D eigenvalue weighted by molar-refractivity contribution is 5.73. The summed E-state index contributed by atoms with van der Waals surface area (Å²) in [4.78, 5) is 10.8. The molecule has 5 nitrogen and oxygen atoms in total. The largest absolute Gasteiger partial charge is 0.385 e. The van der Waals surface area contributed by atoms with E-state index in [1.54, 1.807) is 7.11 Å². The number of nitrogens with one attached hydrogen (secondary N) is 2. The Morgan fingerprint density at radius 2 is 2.00 bits per heavy atom. The van der Waals surface area contributed by atoms with Crippen molar-refractivity contribution in [1.29, 1.82) is 0 Å². The number of carbonyl (C=O) groups is 1. The average Bonchev–Trinajstić information content (AvgIpc) is 2.09. The lowest BCUT2D eigenvalue weighted by Crippen LogP contribution is -2.37. The first-order chi connectivity index (χ1) is 5.81. The van der Waals surface area contributed by atoms with Gasteiger partial charge in [0, 0.05) is 27.4 Å². The minimum absolute atomic E-state index is 0.215. The third kappa shape index (κ3) is 7.30. The Balaban J connectivity index is 3.08. The monoisotopic (exact) mass is 176 g/mol. The van der Waals surface area contributed by atoms with Gasteiger partial charge in [-0.25, -0.2) is 4.79 Å². The minimum Gasteiger partial charge on any atom is -0.385 e. The number of carbonyl (C=O) groups excluding carboxylic acids is 1. The van der Waals surface area contributed by atoms with Crippen LogP contribution in [0.15, 0.2) is 0 Å². The second-order valence-corrected chi connectivity index (χ2v) is 2.21. The first-order valence-electron chi connectivity index (χ1n) is 3.81. The van der Waals surface area contributed by atoms with Crippen LogP contribution in [-0.2, 0) is 9.47 Å². The average molecular weight is 176 g/mol. The summed E-state index contributed by atoms with van der Waals surface area (Å²) < 4.78 is 9.45. The van der Waals surface area contributed by atoms with E-state index in [-0.39, 0.29) is 12.8 Å². The van der Waals surface area contributed by atoms with Crippen LogP contribution in [0.1, 0.15) is 6.42 Å². The van der Waals surface area contributed by atoms with Gasteiger partial charge in [-0.2, -0.15) is 0 Å². The summed E-state index contributed by atoms with van der Waals surface area (Å²) in [7, 11) is 3.15. The Kier molecular flexibility index (Phi) is 7.73. The fourth-order valence-corrected chi connectivity index (χ4v) is 0.619. The number of methoxy groups -OCH3 is 2. The molecule has 0 unspecified atom stereocenters. The lowest BCUT2D eigenvalue weighted by Gasteiger charge is -2.05. The molecule has 0 atom stereocenters. The summed E-state index contributed by atoms with van der Waals surface area (Å²) in [5.41, 5.74) is 0. The molecule has 0 aromatic carbocycles. The zero-order chi connectivity index (χ0) is 9.23. The number of hydrogen-bond donors (Lipinski definition) is 2. The number of urea groups is 1. The number of amides is 2. The van der Waals surface area contributed by atoms with E-state index < -0.39 is 0 Å². The van der Waals surface area contributed by atoms with Crippen molar-refractivity contribution >= 4 is 6.03 Å². The molecule has 2 amide bonds. The molecule has 0 spiro atoms. The Labute approximate surface area is 72.4 Å². The summed E-state index contributed by atoms with van der Waals surface area (Å²) in [6.45, 7) is 1.50. The fourth-order valence-electron chi connectivity index (χ4n) is 0.619. The van der Waals surface area contributed by atoms with Crippen molar-refractivity contribution in [2.45, 2.75) is 6.42 Å². The lowest BCUT2D eigenvalue weighted by molar-refractivity contribution is 0.170. The maximum atomic E-state index is 10.8. The van der Waals surface area contributed by atoms with E-state index in [1.807, 2.05) is 0 Å². The highest BCUT2D eigenvalue weighted by atomic mass is 16.5. The van der Waals surface area contributed by atoms with Gasteiger partial charge in [0.2, 0.25) is 0 Å².